The summed E-state index contributed by atoms with van der Waals surface area (Å²) in [5.74, 6) is 1.67. The van der Waals surface area contributed by atoms with Crippen LogP contribution in [0.5, 0.6) is 11.5 Å². The van der Waals surface area contributed by atoms with Crippen LogP contribution in [0.3, 0.4) is 0 Å². The molecule has 1 heterocycles. The molecule has 0 amide bonds. The van der Waals surface area contributed by atoms with Crippen LogP contribution in [0.1, 0.15) is 11.1 Å². The van der Waals surface area contributed by atoms with Gasteiger partial charge in [-0.2, -0.15) is 0 Å². The number of aromatic nitrogens is 1. The van der Waals surface area contributed by atoms with E-state index >= 15 is 0 Å². The Kier molecular flexibility index (Phi) is 9.56. The summed E-state index contributed by atoms with van der Waals surface area (Å²) in [7, 11) is 0. The molecule has 0 saturated carbocycles. The first-order valence-corrected chi connectivity index (χ1v) is 16.0. The fourth-order valence-electron chi connectivity index (χ4n) is 5.71. The Morgan fingerprint density at radius 1 is 0.383 bits per heavy atom. The van der Waals surface area contributed by atoms with Gasteiger partial charge in [-0.1, -0.05) is 97.1 Å². The lowest BCUT2D eigenvalue weighted by atomic mass is 10.00. The zero-order valence-corrected chi connectivity index (χ0v) is 26.2. The molecule has 0 unspecified atom stereocenters. The van der Waals surface area contributed by atoms with E-state index in [1.807, 2.05) is 60.7 Å². The molecule has 0 radical (unpaired) electrons. The first-order chi connectivity index (χ1) is 23.3. The molecule has 234 valence electrons. The minimum Gasteiger partial charge on any atom is -0.491 e. The number of aromatic amines is 1. The summed E-state index contributed by atoms with van der Waals surface area (Å²) in [6, 6.07) is 50.1. The maximum Gasteiger partial charge on any atom is 0.119 e. The van der Waals surface area contributed by atoms with Crippen molar-refractivity contribution in [2.45, 2.75) is 13.2 Å². The third-order valence-electron chi connectivity index (χ3n) is 8.19. The third kappa shape index (κ3) is 7.72. The number of ether oxygens (including phenoxy) is 4. The fourth-order valence-corrected chi connectivity index (χ4v) is 5.71. The molecule has 6 aromatic carbocycles. The largest absolute Gasteiger partial charge is 0.491 e. The Hall–Kier alpha value is -5.36. The first kappa shape index (κ1) is 30.3. The number of nitrogens with one attached hydrogen (secondary N) is 1. The molecule has 5 nitrogen and oxygen atoms in total. The van der Waals surface area contributed by atoms with E-state index in [9.17, 15) is 0 Å². The Morgan fingerprint density at radius 2 is 0.787 bits per heavy atom. The average molecular weight is 620 g/mol. The summed E-state index contributed by atoms with van der Waals surface area (Å²) in [5, 5.41) is 2.40. The van der Waals surface area contributed by atoms with Gasteiger partial charge in [0.2, 0.25) is 0 Å². The van der Waals surface area contributed by atoms with E-state index in [1.165, 1.54) is 10.8 Å². The SMILES string of the molecule is c1ccc(COCCOc2ccc(-c3ccc4[nH]c5ccc(-c6ccc(OCCOCc7ccccc7)cc6)cc5c4c3)cc2)cc1. The molecule has 0 saturated heterocycles. The smallest absolute Gasteiger partial charge is 0.119 e. The zero-order chi connectivity index (χ0) is 31.7. The summed E-state index contributed by atoms with van der Waals surface area (Å²) >= 11 is 0. The number of rotatable bonds is 14. The van der Waals surface area contributed by atoms with Gasteiger partial charge in [0.15, 0.2) is 0 Å². The molecule has 0 aliphatic heterocycles. The van der Waals surface area contributed by atoms with Crippen molar-refractivity contribution in [3.63, 3.8) is 0 Å². The molecule has 0 bridgehead atoms. The van der Waals surface area contributed by atoms with Gasteiger partial charge in [0, 0.05) is 21.8 Å². The van der Waals surface area contributed by atoms with E-state index in [-0.39, 0.29) is 0 Å². The summed E-state index contributed by atoms with van der Waals surface area (Å²) < 4.78 is 23.3. The Bertz CT molecular complexity index is 1870. The van der Waals surface area contributed by atoms with Crippen molar-refractivity contribution in [3.05, 3.63) is 157 Å². The lowest BCUT2D eigenvalue weighted by molar-refractivity contribution is 0.0889. The normalized spacial score (nSPS) is 11.2. The number of hydrogen-bond donors (Lipinski definition) is 1. The van der Waals surface area contributed by atoms with Gasteiger partial charge in [-0.25, -0.2) is 0 Å². The van der Waals surface area contributed by atoms with Gasteiger partial charge in [0.1, 0.15) is 24.7 Å². The molecule has 5 heteroatoms. The van der Waals surface area contributed by atoms with E-state index < -0.39 is 0 Å². The Labute approximate surface area is 275 Å². The Balaban J connectivity index is 0.965. The van der Waals surface area contributed by atoms with Crippen molar-refractivity contribution in [3.8, 4) is 33.8 Å². The summed E-state index contributed by atoms with van der Waals surface area (Å²) in [6.07, 6.45) is 0. The maximum absolute atomic E-state index is 5.91. The highest BCUT2D eigenvalue weighted by Crippen LogP contribution is 2.34. The number of hydrogen-bond acceptors (Lipinski definition) is 4. The molecule has 0 fully saturated rings. The van der Waals surface area contributed by atoms with Crippen molar-refractivity contribution in [1.82, 2.24) is 4.98 Å². The van der Waals surface area contributed by atoms with Crippen molar-refractivity contribution >= 4 is 21.8 Å². The summed E-state index contributed by atoms with van der Waals surface area (Å²) in [6.45, 7) is 3.28. The standard InChI is InChI=1S/C42H37NO4/c1-3-7-31(8-4-1)29-44-23-25-46-37-17-11-33(12-18-37)35-15-21-41-39(27-35)40-28-36(16-22-42(40)43-41)34-13-19-38(20-14-34)47-26-24-45-30-32-9-5-2-6-10-32/h1-22,27-28,43H,23-26,29-30H2. The predicted molar refractivity (Wildman–Crippen MR) is 190 cm³/mol. The van der Waals surface area contributed by atoms with Crippen molar-refractivity contribution in [2.75, 3.05) is 26.4 Å². The second-order valence-corrected chi connectivity index (χ2v) is 11.5. The van der Waals surface area contributed by atoms with Gasteiger partial charge >= 0.3 is 0 Å². The van der Waals surface area contributed by atoms with Crippen LogP contribution in [0, 0.1) is 0 Å². The van der Waals surface area contributed by atoms with Gasteiger partial charge < -0.3 is 23.9 Å². The summed E-state index contributed by atoms with van der Waals surface area (Å²) in [4.78, 5) is 3.58. The van der Waals surface area contributed by atoms with E-state index in [0.29, 0.717) is 39.6 Å². The number of fused-ring (bicyclic) bond motifs is 3. The van der Waals surface area contributed by atoms with Crippen LogP contribution in [0.2, 0.25) is 0 Å². The van der Waals surface area contributed by atoms with Gasteiger partial charge in [0.25, 0.3) is 0 Å². The minimum atomic E-state index is 0.510. The summed E-state index contributed by atoms with van der Waals surface area (Å²) in [5.41, 5.74) is 9.18. The van der Waals surface area contributed by atoms with E-state index in [1.54, 1.807) is 0 Å². The molecule has 7 rings (SSSR count). The molecule has 0 aliphatic carbocycles. The monoisotopic (exact) mass is 619 g/mol. The molecule has 1 aromatic heterocycles. The minimum absolute atomic E-state index is 0.510. The van der Waals surface area contributed by atoms with Crippen LogP contribution in [0.15, 0.2) is 146 Å². The molecular weight excluding hydrogens is 582 g/mol. The van der Waals surface area contributed by atoms with Crippen LogP contribution < -0.4 is 9.47 Å². The van der Waals surface area contributed by atoms with Crippen LogP contribution in [0.4, 0.5) is 0 Å². The first-order valence-electron chi connectivity index (χ1n) is 16.0. The van der Waals surface area contributed by atoms with E-state index in [4.69, 9.17) is 18.9 Å². The van der Waals surface area contributed by atoms with Crippen molar-refractivity contribution in [2.24, 2.45) is 0 Å². The van der Waals surface area contributed by atoms with Gasteiger partial charge in [0.05, 0.1) is 26.4 Å². The van der Waals surface area contributed by atoms with E-state index in [0.717, 1.165) is 55.9 Å². The lowest BCUT2D eigenvalue weighted by Gasteiger charge is -2.09. The molecule has 0 atom stereocenters. The predicted octanol–water partition coefficient (Wildman–Crippen LogP) is 9.85. The highest BCUT2D eigenvalue weighted by Gasteiger charge is 2.09. The van der Waals surface area contributed by atoms with Gasteiger partial charge in [-0.15, -0.1) is 0 Å². The van der Waals surface area contributed by atoms with Crippen molar-refractivity contribution in [1.29, 1.82) is 0 Å². The topological polar surface area (TPSA) is 52.7 Å². The van der Waals surface area contributed by atoms with Crippen LogP contribution in [-0.4, -0.2) is 31.4 Å². The maximum atomic E-state index is 5.91. The highest BCUT2D eigenvalue weighted by atomic mass is 16.5. The number of H-pyrrole nitrogens is 1. The fraction of sp³-hybridized carbons (Fsp3) is 0.143. The molecule has 7 aromatic rings. The van der Waals surface area contributed by atoms with Crippen molar-refractivity contribution < 1.29 is 18.9 Å². The van der Waals surface area contributed by atoms with Gasteiger partial charge in [-0.05, 0) is 81.9 Å². The third-order valence-corrected chi connectivity index (χ3v) is 8.19. The molecule has 0 aliphatic rings. The van der Waals surface area contributed by atoms with E-state index in [2.05, 4.69) is 89.9 Å². The van der Waals surface area contributed by atoms with Gasteiger partial charge in [-0.3, -0.25) is 0 Å². The van der Waals surface area contributed by atoms with Crippen LogP contribution in [-0.2, 0) is 22.7 Å². The highest BCUT2D eigenvalue weighted by molar-refractivity contribution is 6.09. The number of benzene rings is 6. The molecule has 1 N–H and O–H groups in total. The molecule has 0 spiro atoms. The second kappa shape index (κ2) is 14.8. The Morgan fingerprint density at radius 3 is 1.21 bits per heavy atom. The molecule has 47 heavy (non-hydrogen) atoms. The van der Waals surface area contributed by atoms with Crippen LogP contribution >= 0.6 is 0 Å². The van der Waals surface area contributed by atoms with Crippen LogP contribution in [0.25, 0.3) is 44.1 Å². The lowest BCUT2D eigenvalue weighted by Crippen LogP contribution is -2.06. The second-order valence-electron chi connectivity index (χ2n) is 11.5. The molecular formula is C42H37NO4. The average Bonchev–Trinajstić information content (AvgIpc) is 3.50. The zero-order valence-electron chi connectivity index (χ0n) is 26.2. The quantitative estimate of drug-likeness (QED) is 0.123.